The molecule has 0 aliphatic heterocycles. The van der Waals surface area contributed by atoms with Crippen LogP contribution in [0.2, 0.25) is 0 Å². The normalized spacial score (nSPS) is 34.8. The van der Waals surface area contributed by atoms with Gasteiger partial charge in [0, 0.05) is 0 Å². The van der Waals surface area contributed by atoms with Crippen LogP contribution in [0.1, 0.15) is 175 Å². The van der Waals surface area contributed by atoms with E-state index in [1.54, 1.807) is 0 Å². The van der Waals surface area contributed by atoms with Gasteiger partial charge in [0.1, 0.15) is 0 Å². The van der Waals surface area contributed by atoms with Crippen LogP contribution >= 0.6 is 54.0 Å². The Morgan fingerprint density at radius 3 is 0.560 bits per heavy atom. The third-order valence-corrected chi connectivity index (χ3v) is 11.9. The molecule has 0 aromatic rings. The zero-order valence-corrected chi connectivity index (χ0v) is 37.5. The SMILES string of the molecule is C.C.CC(C)[C@@H]1CC[C@@H](C)C[C@@H]1O.CC(C)[C@@H]1CC[C@@H](C)C[C@H]1O.CC(C)[C@H]1CC[C@@H](C)C[C@@H]1O.CC(C)[C@H]1CC[C@@H](C)C[C@H]1O.S.S.S.S. The van der Waals surface area contributed by atoms with Crippen molar-refractivity contribution in [3.05, 3.63) is 0 Å². The Bertz CT molecular complexity index is 621. The van der Waals surface area contributed by atoms with E-state index in [-0.39, 0.29) is 93.3 Å². The number of hydrogen-bond donors (Lipinski definition) is 4. The van der Waals surface area contributed by atoms with E-state index in [1.807, 2.05) is 0 Å². The van der Waals surface area contributed by atoms with Crippen molar-refractivity contribution in [1.29, 1.82) is 0 Å². The molecule has 0 spiro atoms. The van der Waals surface area contributed by atoms with E-state index in [4.69, 9.17) is 0 Å². The predicted molar refractivity (Wildman–Crippen MR) is 244 cm³/mol. The van der Waals surface area contributed by atoms with Crippen LogP contribution in [0, 0.1) is 71.0 Å². The van der Waals surface area contributed by atoms with E-state index in [1.165, 1.54) is 51.4 Å². The Morgan fingerprint density at radius 1 is 0.320 bits per heavy atom. The second-order valence-electron chi connectivity index (χ2n) is 17.6. The van der Waals surface area contributed by atoms with Crippen LogP contribution in [-0.4, -0.2) is 44.8 Å². The van der Waals surface area contributed by atoms with E-state index >= 15 is 0 Å². The molecule has 4 rings (SSSR count). The first-order valence-corrected chi connectivity index (χ1v) is 19.2. The van der Waals surface area contributed by atoms with Gasteiger partial charge in [0.25, 0.3) is 0 Å². The molecule has 0 unspecified atom stereocenters. The van der Waals surface area contributed by atoms with Gasteiger partial charge in [-0.05, 0) is 122 Å². The molecule has 0 aromatic heterocycles. The minimum atomic E-state index is -0.0289. The maximum atomic E-state index is 9.71. The van der Waals surface area contributed by atoms with Gasteiger partial charge >= 0.3 is 0 Å². The van der Waals surface area contributed by atoms with Crippen molar-refractivity contribution in [2.24, 2.45) is 71.0 Å². The molecule has 312 valence electrons. The molecule has 0 saturated heterocycles. The molecule has 0 amide bonds. The van der Waals surface area contributed by atoms with Crippen molar-refractivity contribution in [3.63, 3.8) is 0 Å². The van der Waals surface area contributed by atoms with Crippen LogP contribution < -0.4 is 0 Å². The lowest BCUT2D eigenvalue weighted by atomic mass is 9.75. The van der Waals surface area contributed by atoms with E-state index < -0.39 is 0 Å². The summed E-state index contributed by atoms with van der Waals surface area (Å²) in [6.45, 7) is 26.6. The summed E-state index contributed by atoms with van der Waals surface area (Å²) < 4.78 is 0. The largest absolute Gasteiger partial charge is 0.393 e. The quantitative estimate of drug-likeness (QED) is 0.229. The number of aliphatic hydroxyl groups excluding tert-OH is 4. The summed E-state index contributed by atoms with van der Waals surface area (Å²) in [6, 6.07) is 0. The molecule has 4 aliphatic rings. The smallest absolute Gasteiger partial charge is 0.0573 e. The van der Waals surface area contributed by atoms with E-state index in [0.717, 1.165) is 49.4 Å². The molecule has 4 fully saturated rings. The molecule has 0 bridgehead atoms. The zero-order chi connectivity index (χ0) is 33.7. The monoisotopic (exact) mass is 793 g/mol. The van der Waals surface area contributed by atoms with Crippen molar-refractivity contribution >= 4 is 54.0 Å². The van der Waals surface area contributed by atoms with Crippen molar-refractivity contribution in [2.45, 2.75) is 199 Å². The van der Waals surface area contributed by atoms with Gasteiger partial charge in [-0.25, -0.2) is 0 Å². The summed E-state index contributed by atoms with van der Waals surface area (Å²) in [5.41, 5.74) is 0. The molecular weight excluding hydrogens is 697 g/mol. The summed E-state index contributed by atoms with van der Waals surface area (Å²) in [4.78, 5) is 0. The highest BCUT2D eigenvalue weighted by molar-refractivity contribution is 7.59. The van der Waals surface area contributed by atoms with Crippen molar-refractivity contribution in [1.82, 2.24) is 0 Å². The van der Waals surface area contributed by atoms with Crippen LogP contribution in [-0.2, 0) is 0 Å². The topological polar surface area (TPSA) is 80.9 Å². The Kier molecular flexibility index (Phi) is 41.0. The lowest BCUT2D eigenvalue weighted by molar-refractivity contribution is 0.0263. The molecule has 4 saturated carbocycles. The van der Waals surface area contributed by atoms with E-state index in [0.29, 0.717) is 47.3 Å². The maximum absolute atomic E-state index is 9.71. The Balaban J connectivity index is -0.000000124. The van der Waals surface area contributed by atoms with Gasteiger partial charge in [-0.15, -0.1) is 0 Å². The first-order valence-electron chi connectivity index (χ1n) is 19.2. The van der Waals surface area contributed by atoms with Crippen LogP contribution in [0.15, 0.2) is 0 Å². The standard InChI is InChI=1S/4C10H20O.2CH4.4H2S/c4*1-7(2)9-5-4-8(3)6-10(9)11;;;;;;/h4*7-11H,4-6H2,1-3H3;2*1H4;4*1H2/t8-,9+,10+;8-,9+,10-;8-,9-,10+;8-,9-,10-;;;;;;/m1111....../s1. The third kappa shape index (κ3) is 23.9. The summed E-state index contributed by atoms with van der Waals surface area (Å²) in [5, 5.41) is 38.8. The first-order chi connectivity index (χ1) is 20.4. The van der Waals surface area contributed by atoms with Crippen LogP contribution in [0.3, 0.4) is 0 Å². The molecule has 0 aromatic carbocycles. The molecule has 50 heavy (non-hydrogen) atoms. The maximum Gasteiger partial charge on any atom is 0.0573 e. The Labute approximate surface area is 343 Å². The molecule has 4 aliphatic carbocycles. The average Bonchev–Trinajstić information content (AvgIpc) is 2.89. The fourth-order valence-corrected chi connectivity index (χ4v) is 8.61. The molecule has 4 N–H and O–H groups in total. The number of hydrogen-bond acceptors (Lipinski definition) is 4. The molecular formula is C42H96O4S4. The number of rotatable bonds is 4. The summed E-state index contributed by atoms with van der Waals surface area (Å²) in [6.07, 6.45) is 14.1. The van der Waals surface area contributed by atoms with Crippen LogP contribution in [0.4, 0.5) is 0 Å². The summed E-state index contributed by atoms with van der Waals surface area (Å²) in [5.74, 6) is 7.79. The highest BCUT2D eigenvalue weighted by atomic mass is 32.1. The molecule has 0 heterocycles. The predicted octanol–water partition coefficient (Wildman–Crippen LogP) is 11.5. The Hall–Kier alpha value is 1.24. The minimum absolute atomic E-state index is 0. The van der Waals surface area contributed by atoms with Crippen LogP contribution in [0.25, 0.3) is 0 Å². The molecule has 4 nitrogen and oxygen atoms in total. The third-order valence-electron chi connectivity index (χ3n) is 11.9. The fraction of sp³-hybridized carbons (Fsp3) is 1.00. The van der Waals surface area contributed by atoms with Crippen molar-refractivity contribution < 1.29 is 20.4 Å². The van der Waals surface area contributed by atoms with Gasteiger partial charge in [0.2, 0.25) is 0 Å². The van der Waals surface area contributed by atoms with Gasteiger partial charge in [-0.3, -0.25) is 0 Å². The van der Waals surface area contributed by atoms with E-state index in [2.05, 4.69) is 83.1 Å². The van der Waals surface area contributed by atoms with Gasteiger partial charge in [0.15, 0.2) is 0 Å². The van der Waals surface area contributed by atoms with Gasteiger partial charge in [-0.1, -0.05) is 124 Å². The van der Waals surface area contributed by atoms with Gasteiger partial charge < -0.3 is 20.4 Å². The second kappa shape index (κ2) is 32.5. The minimum Gasteiger partial charge on any atom is -0.393 e. The summed E-state index contributed by atoms with van der Waals surface area (Å²) in [7, 11) is 0. The van der Waals surface area contributed by atoms with Gasteiger partial charge in [-0.2, -0.15) is 54.0 Å². The zero-order valence-electron chi connectivity index (χ0n) is 33.5. The van der Waals surface area contributed by atoms with E-state index in [9.17, 15) is 20.4 Å². The highest BCUT2D eigenvalue weighted by Gasteiger charge is 2.31. The Morgan fingerprint density at radius 2 is 0.460 bits per heavy atom. The second-order valence-corrected chi connectivity index (χ2v) is 17.6. The first kappa shape index (κ1) is 63.2. The van der Waals surface area contributed by atoms with Crippen LogP contribution in [0.5, 0.6) is 0 Å². The van der Waals surface area contributed by atoms with Crippen molar-refractivity contribution in [3.8, 4) is 0 Å². The fourth-order valence-electron chi connectivity index (χ4n) is 8.61. The van der Waals surface area contributed by atoms with Crippen molar-refractivity contribution in [2.75, 3.05) is 0 Å². The lowest BCUT2D eigenvalue weighted by Crippen LogP contribution is -2.31. The highest BCUT2D eigenvalue weighted by Crippen LogP contribution is 2.35. The summed E-state index contributed by atoms with van der Waals surface area (Å²) >= 11 is 0. The average molecular weight is 793 g/mol. The molecule has 12 atom stereocenters. The lowest BCUT2D eigenvalue weighted by Gasteiger charge is -2.33. The van der Waals surface area contributed by atoms with Gasteiger partial charge in [0.05, 0.1) is 24.4 Å². The molecule has 8 heteroatoms. The number of aliphatic hydroxyl groups is 4. The molecule has 0 radical (unpaired) electrons.